The van der Waals surface area contributed by atoms with Gasteiger partial charge in [0, 0.05) is 24.0 Å². The molecule has 4 aromatic rings. The molecule has 4 heteroatoms. The molecule has 0 bridgehead atoms. The number of nitrogens with zero attached hydrogens (tertiary/aromatic N) is 3. The van der Waals surface area contributed by atoms with Crippen LogP contribution in [-0.2, 0) is 7.05 Å². The Labute approximate surface area is 109 Å². The van der Waals surface area contributed by atoms with Crippen molar-refractivity contribution in [2.24, 2.45) is 7.05 Å². The molecule has 4 nitrogen and oxygen atoms in total. The van der Waals surface area contributed by atoms with Gasteiger partial charge in [0.1, 0.15) is 0 Å². The molecule has 0 saturated carbocycles. The Morgan fingerprint density at radius 2 is 1.95 bits per heavy atom. The first-order valence-corrected chi connectivity index (χ1v) is 6.08. The monoisotopic (exact) mass is 249 g/mol. The second-order valence-corrected chi connectivity index (χ2v) is 4.58. The number of aromatic nitrogens is 3. The van der Waals surface area contributed by atoms with Crippen molar-refractivity contribution < 1.29 is 4.42 Å². The first-order valence-electron chi connectivity index (χ1n) is 6.08. The second-order valence-electron chi connectivity index (χ2n) is 4.58. The van der Waals surface area contributed by atoms with Crippen molar-refractivity contribution in [2.75, 3.05) is 0 Å². The molecule has 92 valence electrons. The van der Waals surface area contributed by atoms with Gasteiger partial charge < -0.3 is 8.98 Å². The van der Waals surface area contributed by atoms with Gasteiger partial charge in [0.2, 0.25) is 12.3 Å². The molecule has 0 N–H and O–H groups in total. The van der Waals surface area contributed by atoms with Gasteiger partial charge in [-0.3, -0.25) is 0 Å². The topological polar surface area (TPSA) is 43.9 Å². The van der Waals surface area contributed by atoms with E-state index in [1.54, 1.807) is 0 Å². The molecule has 0 atom stereocenters. The van der Waals surface area contributed by atoms with Crippen molar-refractivity contribution in [3.8, 4) is 11.5 Å². The Balaban J connectivity index is 2.17. The summed E-state index contributed by atoms with van der Waals surface area (Å²) in [4.78, 5) is 0. The quantitative estimate of drug-likeness (QED) is 0.519. The maximum absolute atomic E-state index is 5.32. The maximum Gasteiger partial charge on any atom is 0.249 e. The third kappa shape index (κ3) is 1.40. The zero-order valence-corrected chi connectivity index (χ0v) is 10.4. The average Bonchev–Trinajstić information content (AvgIpc) is 3.06. The SMILES string of the molecule is Cn1cc(-c2nnco2)c2ccc3ccccc3c21. The highest BCUT2D eigenvalue weighted by Gasteiger charge is 2.14. The zero-order chi connectivity index (χ0) is 12.8. The average molecular weight is 249 g/mol. The van der Waals surface area contributed by atoms with Gasteiger partial charge in [-0.05, 0) is 5.39 Å². The molecule has 2 aromatic heterocycles. The summed E-state index contributed by atoms with van der Waals surface area (Å²) in [5.74, 6) is 0.556. The molecule has 4 rings (SSSR count). The lowest BCUT2D eigenvalue weighted by Gasteiger charge is -2.02. The van der Waals surface area contributed by atoms with E-state index >= 15 is 0 Å². The lowest BCUT2D eigenvalue weighted by molar-refractivity contribution is 0.569. The van der Waals surface area contributed by atoms with Crippen LogP contribution in [0.1, 0.15) is 0 Å². The zero-order valence-electron chi connectivity index (χ0n) is 10.4. The normalized spacial score (nSPS) is 11.4. The molecule has 0 aliphatic carbocycles. The molecular formula is C15H11N3O. The van der Waals surface area contributed by atoms with Crippen LogP contribution in [0.25, 0.3) is 33.1 Å². The van der Waals surface area contributed by atoms with Crippen molar-refractivity contribution >= 4 is 21.7 Å². The number of fused-ring (bicyclic) bond motifs is 3. The van der Waals surface area contributed by atoms with Crippen LogP contribution in [0.15, 0.2) is 53.4 Å². The van der Waals surface area contributed by atoms with Gasteiger partial charge in [-0.15, -0.1) is 10.2 Å². The summed E-state index contributed by atoms with van der Waals surface area (Å²) < 4.78 is 7.43. The fraction of sp³-hybridized carbons (Fsp3) is 0.0667. The van der Waals surface area contributed by atoms with E-state index in [2.05, 4.69) is 51.2 Å². The first-order chi connectivity index (χ1) is 9.34. The minimum Gasteiger partial charge on any atom is -0.423 e. The minimum absolute atomic E-state index is 0.556. The summed E-state index contributed by atoms with van der Waals surface area (Å²) in [5, 5.41) is 11.3. The van der Waals surface area contributed by atoms with E-state index in [4.69, 9.17) is 4.42 Å². The van der Waals surface area contributed by atoms with E-state index in [1.165, 1.54) is 22.7 Å². The standard InChI is InChI=1S/C15H11N3O/c1-18-8-13(15-17-16-9-19-15)12-7-6-10-4-2-3-5-11(10)14(12)18/h2-9H,1H3. The largest absolute Gasteiger partial charge is 0.423 e. The summed E-state index contributed by atoms with van der Waals surface area (Å²) in [6, 6.07) is 12.6. The molecule has 2 heterocycles. The van der Waals surface area contributed by atoms with Gasteiger partial charge in [0.05, 0.1) is 11.1 Å². The van der Waals surface area contributed by atoms with Gasteiger partial charge in [0.15, 0.2) is 0 Å². The fourth-order valence-corrected chi connectivity index (χ4v) is 2.64. The molecule has 0 radical (unpaired) electrons. The van der Waals surface area contributed by atoms with Crippen LogP contribution in [0, 0.1) is 0 Å². The molecule has 0 aliphatic heterocycles. The molecule has 19 heavy (non-hydrogen) atoms. The molecule has 0 fully saturated rings. The summed E-state index contributed by atoms with van der Waals surface area (Å²) in [6.45, 7) is 0. The van der Waals surface area contributed by atoms with Gasteiger partial charge in [-0.25, -0.2) is 0 Å². The number of rotatable bonds is 1. The van der Waals surface area contributed by atoms with E-state index in [1.807, 2.05) is 13.2 Å². The Morgan fingerprint density at radius 1 is 1.05 bits per heavy atom. The van der Waals surface area contributed by atoms with Crippen molar-refractivity contribution in [2.45, 2.75) is 0 Å². The van der Waals surface area contributed by atoms with Crippen LogP contribution in [0.4, 0.5) is 0 Å². The van der Waals surface area contributed by atoms with Crippen molar-refractivity contribution in [1.29, 1.82) is 0 Å². The third-order valence-corrected chi connectivity index (χ3v) is 3.46. The third-order valence-electron chi connectivity index (χ3n) is 3.46. The van der Waals surface area contributed by atoms with E-state index < -0.39 is 0 Å². The highest BCUT2D eigenvalue weighted by Crippen LogP contribution is 2.33. The highest BCUT2D eigenvalue weighted by atomic mass is 16.4. The van der Waals surface area contributed by atoms with Crippen molar-refractivity contribution in [1.82, 2.24) is 14.8 Å². The summed E-state index contributed by atoms with van der Waals surface area (Å²) in [7, 11) is 2.04. The smallest absolute Gasteiger partial charge is 0.249 e. The van der Waals surface area contributed by atoms with E-state index in [-0.39, 0.29) is 0 Å². The Bertz CT molecular complexity index is 875. The summed E-state index contributed by atoms with van der Waals surface area (Å²) >= 11 is 0. The van der Waals surface area contributed by atoms with Crippen LogP contribution in [0.5, 0.6) is 0 Å². The van der Waals surface area contributed by atoms with Crippen LogP contribution in [0.3, 0.4) is 0 Å². The number of benzene rings is 2. The number of hydrogen-bond acceptors (Lipinski definition) is 3. The van der Waals surface area contributed by atoms with Crippen LogP contribution < -0.4 is 0 Å². The molecule has 0 unspecified atom stereocenters. The molecular weight excluding hydrogens is 238 g/mol. The fourth-order valence-electron chi connectivity index (χ4n) is 2.64. The lowest BCUT2D eigenvalue weighted by Crippen LogP contribution is -1.85. The lowest BCUT2D eigenvalue weighted by atomic mass is 10.1. The second kappa shape index (κ2) is 3.68. The first kappa shape index (κ1) is 10.3. The van der Waals surface area contributed by atoms with Crippen LogP contribution >= 0.6 is 0 Å². The maximum atomic E-state index is 5.32. The van der Waals surface area contributed by atoms with Crippen LogP contribution in [-0.4, -0.2) is 14.8 Å². The van der Waals surface area contributed by atoms with Gasteiger partial charge in [-0.2, -0.15) is 0 Å². The predicted octanol–water partition coefficient (Wildman–Crippen LogP) is 3.38. The molecule has 2 aromatic carbocycles. The molecule has 0 spiro atoms. The Kier molecular flexibility index (Phi) is 2.00. The summed E-state index contributed by atoms with van der Waals surface area (Å²) in [6.07, 6.45) is 3.39. The number of aryl methyl sites for hydroxylation is 1. The summed E-state index contributed by atoms with van der Waals surface area (Å²) in [5.41, 5.74) is 2.16. The van der Waals surface area contributed by atoms with Gasteiger partial charge in [-0.1, -0.05) is 36.4 Å². The molecule has 0 aliphatic rings. The van der Waals surface area contributed by atoms with E-state index in [9.17, 15) is 0 Å². The highest BCUT2D eigenvalue weighted by molar-refractivity contribution is 6.10. The Morgan fingerprint density at radius 3 is 2.79 bits per heavy atom. The predicted molar refractivity (Wildman–Crippen MR) is 73.7 cm³/mol. The van der Waals surface area contributed by atoms with Gasteiger partial charge >= 0.3 is 0 Å². The van der Waals surface area contributed by atoms with Gasteiger partial charge in [0.25, 0.3) is 0 Å². The Hall–Kier alpha value is -2.62. The minimum atomic E-state index is 0.556. The van der Waals surface area contributed by atoms with Crippen molar-refractivity contribution in [3.63, 3.8) is 0 Å². The van der Waals surface area contributed by atoms with Crippen molar-refractivity contribution in [3.05, 3.63) is 49.0 Å². The van der Waals surface area contributed by atoms with E-state index in [0.717, 1.165) is 10.9 Å². The molecule has 0 saturated heterocycles. The van der Waals surface area contributed by atoms with Crippen LogP contribution in [0.2, 0.25) is 0 Å². The number of hydrogen-bond donors (Lipinski definition) is 0. The molecule has 0 amide bonds. The van der Waals surface area contributed by atoms with E-state index in [0.29, 0.717) is 5.89 Å².